The molecule has 0 bridgehead atoms. The maximum absolute atomic E-state index is 12.8. The van der Waals surface area contributed by atoms with Crippen molar-refractivity contribution in [1.29, 1.82) is 0 Å². The summed E-state index contributed by atoms with van der Waals surface area (Å²) in [6.45, 7) is 9.34. The van der Waals surface area contributed by atoms with Crippen LogP contribution in [0.1, 0.15) is 47.0 Å². The van der Waals surface area contributed by atoms with Gasteiger partial charge >= 0.3 is 0 Å². The quantitative estimate of drug-likeness (QED) is 0.748. The summed E-state index contributed by atoms with van der Waals surface area (Å²) in [5.41, 5.74) is 1.04. The van der Waals surface area contributed by atoms with Crippen LogP contribution in [0.25, 0.3) is 11.4 Å². The van der Waals surface area contributed by atoms with Gasteiger partial charge in [-0.3, -0.25) is 4.79 Å². The van der Waals surface area contributed by atoms with Crippen LogP contribution in [0.3, 0.4) is 0 Å². The second kappa shape index (κ2) is 8.91. The average Bonchev–Trinajstić information content (AvgIpc) is 3.08. The molecule has 0 spiro atoms. The second-order valence-electron chi connectivity index (χ2n) is 7.56. The summed E-state index contributed by atoms with van der Waals surface area (Å²) >= 11 is 1.49. The minimum Gasteiger partial charge on any atom is -0.352 e. The van der Waals surface area contributed by atoms with Gasteiger partial charge in [-0.15, -0.1) is 10.2 Å². The molecule has 3 rings (SSSR count). The second-order valence-corrected chi connectivity index (χ2v) is 8.87. The van der Waals surface area contributed by atoms with Crippen molar-refractivity contribution < 1.29 is 4.79 Å². The monoisotopic (exact) mass is 386 g/mol. The first kappa shape index (κ1) is 19.9. The highest BCUT2D eigenvalue weighted by Crippen LogP contribution is 2.31. The molecule has 1 saturated carbocycles. The van der Waals surface area contributed by atoms with E-state index >= 15 is 0 Å². The molecule has 0 radical (unpaired) electrons. The van der Waals surface area contributed by atoms with Crippen LogP contribution in [0.4, 0.5) is 0 Å². The summed E-state index contributed by atoms with van der Waals surface area (Å²) in [6, 6.07) is 10.3. The van der Waals surface area contributed by atoms with Gasteiger partial charge in [-0.25, -0.2) is 0 Å². The SMILES string of the molecule is CCn1c(SC(C)C(=O)NC2CCCC(C)C2C)nnc1-c1ccccc1. The lowest BCUT2D eigenvalue weighted by Crippen LogP contribution is -2.46. The number of nitrogens with one attached hydrogen (secondary N) is 1. The molecule has 1 aliphatic rings. The van der Waals surface area contributed by atoms with Gasteiger partial charge in [0, 0.05) is 18.2 Å². The van der Waals surface area contributed by atoms with Crippen molar-refractivity contribution >= 4 is 17.7 Å². The zero-order valence-electron chi connectivity index (χ0n) is 16.7. The van der Waals surface area contributed by atoms with Crippen molar-refractivity contribution in [2.45, 2.75) is 70.0 Å². The first-order valence-electron chi connectivity index (χ1n) is 9.96. The Balaban J connectivity index is 1.68. The van der Waals surface area contributed by atoms with Gasteiger partial charge in [0.15, 0.2) is 11.0 Å². The van der Waals surface area contributed by atoms with Crippen molar-refractivity contribution in [2.75, 3.05) is 0 Å². The Morgan fingerprint density at radius 2 is 2.00 bits per heavy atom. The van der Waals surface area contributed by atoms with Gasteiger partial charge in [-0.2, -0.15) is 0 Å². The summed E-state index contributed by atoms with van der Waals surface area (Å²) in [6.07, 6.45) is 3.54. The third kappa shape index (κ3) is 4.54. The highest BCUT2D eigenvalue weighted by atomic mass is 32.2. The zero-order valence-corrected chi connectivity index (χ0v) is 17.5. The van der Waals surface area contributed by atoms with Crippen LogP contribution in [0.2, 0.25) is 0 Å². The fraction of sp³-hybridized carbons (Fsp3) is 0.571. The number of aromatic nitrogens is 3. The zero-order chi connectivity index (χ0) is 19.4. The van der Waals surface area contributed by atoms with Crippen LogP contribution >= 0.6 is 11.8 Å². The summed E-state index contributed by atoms with van der Waals surface area (Å²) in [5, 5.41) is 12.6. The number of amides is 1. The molecule has 1 aliphatic carbocycles. The molecule has 6 heteroatoms. The molecular formula is C21H30N4OS. The maximum Gasteiger partial charge on any atom is 0.233 e. The van der Waals surface area contributed by atoms with Crippen LogP contribution in [-0.4, -0.2) is 32.0 Å². The average molecular weight is 387 g/mol. The topological polar surface area (TPSA) is 59.8 Å². The highest BCUT2D eigenvalue weighted by molar-refractivity contribution is 8.00. The predicted molar refractivity (Wildman–Crippen MR) is 111 cm³/mol. The molecule has 1 N–H and O–H groups in total. The van der Waals surface area contributed by atoms with E-state index in [0.717, 1.165) is 29.5 Å². The molecule has 146 valence electrons. The smallest absolute Gasteiger partial charge is 0.233 e. The van der Waals surface area contributed by atoms with Gasteiger partial charge in [0.1, 0.15) is 0 Å². The van der Waals surface area contributed by atoms with E-state index in [1.54, 1.807) is 0 Å². The molecule has 4 unspecified atom stereocenters. The van der Waals surface area contributed by atoms with Gasteiger partial charge in [0.2, 0.25) is 5.91 Å². The van der Waals surface area contributed by atoms with E-state index in [0.29, 0.717) is 11.8 Å². The van der Waals surface area contributed by atoms with Gasteiger partial charge in [-0.1, -0.05) is 68.8 Å². The number of benzene rings is 1. The fourth-order valence-electron chi connectivity index (χ4n) is 3.76. The van der Waals surface area contributed by atoms with Crippen molar-refractivity contribution in [3.8, 4) is 11.4 Å². The lowest BCUT2D eigenvalue weighted by molar-refractivity contribution is -0.121. The molecule has 5 nitrogen and oxygen atoms in total. The first-order chi connectivity index (χ1) is 13.0. The molecule has 2 aromatic rings. The molecule has 1 amide bonds. The first-order valence-corrected chi connectivity index (χ1v) is 10.8. The van der Waals surface area contributed by atoms with Gasteiger partial charge < -0.3 is 9.88 Å². The lowest BCUT2D eigenvalue weighted by atomic mass is 9.78. The molecule has 1 aromatic carbocycles. The van der Waals surface area contributed by atoms with Crippen molar-refractivity contribution in [3.63, 3.8) is 0 Å². The van der Waals surface area contributed by atoms with E-state index in [1.165, 1.54) is 24.6 Å². The van der Waals surface area contributed by atoms with E-state index in [1.807, 2.05) is 37.3 Å². The maximum atomic E-state index is 12.8. The van der Waals surface area contributed by atoms with Crippen LogP contribution in [0.15, 0.2) is 35.5 Å². The summed E-state index contributed by atoms with van der Waals surface area (Å²) in [4.78, 5) is 12.8. The van der Waals surface area contributed by atoms with Crippen molar-refractivity contribution in [1.82, 2.24) is 20.1 Å². The summed E-state index contributed by atoms with van der Waals surface area (Å²) in [5.74, 6) is 2.15. The van der Waals surface area contributed by atoms with Crippen molar-refractivity contribution in [2.24, 2.45) is 11.8 Å². The molecule has 0 aliphatic heterocycles. The Kier molecular flexibility index (Phi) is 6.58. The highest BCUT2D eigenvalue weighted by Gasteiger charge is 2.30. The fourth-order valence-corrected chi connectivity index (χ4v) is 4.68. The van der Waals surface area contributed by atoms with Gasteiger partial charge in [0.25, 0.3) is 0 Å². The van der Waals surface area contributed by atoms with Crippen LogP contribution in [-0.2, 0) is 11.3 Å². The Bertz CT molecular complexity index is 761. The van der Waals surface area contributed by atoms with E-state index in [-0.39, 0.29) is 17.2 Å². The number of nitrogens with zero attached hydrogens (tertiary/aromatic N) is 3. The normalized spacial score (nSPS) is 23.8. The van der Waals surface area contributed by atoms with Gasteiger partial charge in [0.05, 0.1) is 5.25 Å². The van der Waals surface area contributed by atoms with E-state index < -0.39 is 0 Å². The number of hydrogen-bond acceptors (Lipinski definition) is 4. The minimum absolute atomic E-state index is 0.0952. The Morgan fingerprint density at radius 1 is 1.26 bits per heavy atom. The third-order valence-corrected chi connectivity index (χ3v) is 6.83. The summed E-state index contributed by atoms with van der Waals surface area (Å²) in [7, 11) is 0. The predicted octanol–water partition coefficient (Wildman–Crippen LogP) is 4.39. The number of rotatable bonds is 6. The molecule has 4 atom stereocenters. The number of hydrogen-bond donors (Lipinski definition) is 1. The Hall–Kier alpha value is -1.82. The molecule has 1 aromatic heterocycles. The Labute approximate surface area is 166 Å². The lowest BCUT2D eigenvalue weighted by Gasteiger charge is -2.35. The molecule has 0 saturated heterocycles. The third-order valence-electron chi connectivity index (χ3n) is 5.75. The number of carbonyl (C=O) groups excluding carboxylic acids is 1. The standard InChI is InChI=1S/C21H30N4OS/c1-5-25-19(17-11-7-6-8-12-17)23-24-21(25)27-16(4)20(26)22-18-13-9-10-14(2)15(18)3/h6-8,11-12,14-16,18H,5,9-10,13H2,1-4H3,(H,22,26). The van der Waals surface area contributed by atoms with Crippen LogP contribution in [0.5, 0.6) is 0 Å². The number of carbonyl (C=O) groups is 1. The van der Waals surface area contributed by atoms with Gasteiger partial charge in [-0.05, 0) is 32.1 Å². The van der Waals surface area contributed by atoms with Crippen molar-refractivity contribution in [3.05, 3.63) is 30.3 Å². The van der Waals surface area contributed by atoms with E-state index in [4.69, 9.17) is 0 Å². The largest absolute Gasteiger partial charge is 0.352 e. The molecular weight excluding hydrogens is 356 g/mol. The Morgan fingerprint density at radius 3 is 2.70 bits per heavy atom. The summed E-state index contributed by atoms with van der Waals surface area (Å²) < 4.78 is 2.08. The van der Waals surface area contributed by atoms with E-state index in [9.17, 15) is 4.79 Å². The number of thioether (sulfide) groups is 1. The molecule has 1 fully saturated rings. The molecule has 27 heavy (non-hydrogen) atoms. The van der Waals surface area contributed by atoms with Crippen LogP contribution < -0.4 is 5.32 Å². The van der Waals surface area contributed by atoms with Crippen LogP contribution in [0, 0.1) is 11.8 Å². The van der Waals surface area contributed by atoms with E-state index in [2.05, 4.69) is 40.9 Å². The minimum atomic E-state index is -0.201. The molecule has 1 heterocycles.